The third kappa shape index (κ3) is 4.20. The molecule has 0 saturated heterocycles. The molecular weight excluding hydrogens is 368 g/mol. The number of hydrogen-bond donors (Lipinski definition) is 2. The van der Waals surface area contributed by atoms with Gasteiger partial charge in [-0.1, -0.05) is 29.8 Å². The third-order valence-corrected chi connectivity index (χ3v) is 5.82. The lowest BCUT2D eigenvalue weighted by Crippen LogP contribution is -2.14. The van der Waals surface area contributed by atoms with Gasteiger partial charge in [-0.25, -0.2) is 13.2 Å². The van der Waals surface area contributed by atoms with E-state index < -0.39 is 15.8 Å². The molecule has 0 spiro atoms. The number of aromatic hydroxyl groups is 1. The first-order chi connectivity index (χ1) is 12.8. The van der Waals surface area contributed by atoms with Gasteiger partial charge in [-0.15, -0.1) is 0 Å². The molecule has 0 unspecified atom stereocenters. The number of carboxylic acids is 1. The quantitative estimate of drug-likeness (QED) is 0.673. The van der Waals surface area contributed by atoms with Crippen LogP contribution in [0.25, 0.3) is 10.8 Å². The highest BCUT2D eigenvalue weighted by molar-refractivity contribution is 7.91. The summed E-state index contributed by atoms with van der Waals surface area (Å²) in [4.78, 5) is 11.2. The average molecular weight is 386 g/mol. The SMILES string of the molecule is Cc1ccc2cc(S(=O)(=O)CCOc3ccc(O)c(C(=O)O)c3)ccc2c1. The van der Waals surface area contributed by atoms with Gasteiger partial charge in [0.1, 0.15) is 23.7 Å². The van der Waals surface area contributed by atoms with Crippen LogP contribution >= 0.6 is 0 Å². The molecule has 0 atom stereocenters. The van der Waals surface area contributed by atoms with Gasteiger partial charge >= 0.3 is 5.97 Å². The molecule has 0 saturated carbocycles. The lowest BCUT2D eigenvalue weighted by Gasteiger charge is -2.09. The highest BCUT2D eigenvalue weighted by Gasteiger charge is 2.16. The first-order valence-corrected chi connectivity index (χ1v) is 9.84. The van der Waals surface area contributed by atoms with Crippen LogP contribution in [0.15, 0.2) is 59.5 Å². The number of ether oxygens (including phenoxy) is 1. The molecule has 0 aromatic heterocycles. The zero-order valence-corrected chi connectivity index (χ0v) is 15.4. The Kier molecular flexibility index (Phi) is 5.05. The summed E-state index contributed by atoms with van der Waals surface area (Å²) in [5, 5.41) is 20.3. The first kappa shape index (κ1) is 18.7. The zero-order valence-electron chi connectivity index (χ0n) is 14.5. The summed E-state index contributed by atoms with van der Waals surface area (Å²) >= 11 is 0. The van der Waals surface area contributed by atoms with E-state index in [1.54, 1.807) is 18.2 Å². The second-order valence-electron chi connectivity index (χ2n) is 6.16. The number of phenols is 1. The van der Waals surface area contributed by atoms with E-state index >= 15 is 0 Å². The van der Waals surface area contributed by atoms with Gasteiger partial charge in [-0.05, 0) is 48.0 Å². The van der Waals surface area contributed by atoms with Gasteiger partial charge in [-0.3, -0.25) is 0 Å². The number of carboxylic acid groups (broad SMARTS) is 1. The van der Waals surface area contributed by atoms with Crippen LogP contribution in [0.4, 0.5) is 0 Å². The second kappa shape index (κ2) is 7.28. The molecule has 0 amide bonds. The van der Waals surface area contributed by atoms with Crippen LogP contribution in [0.1, 0.15) is 15.9 Å². The lowest BCUT2D eigenvalue weighted by atomic mass is 10.1. The van der Waals surface area contributed by atoms with Crippen molar-refractivity contribution in [3.8, 4) is 11.5 Å². The van der Waals surface area contributed by atoms with Crippen LogP contribution in [0.3, 0.4) is 0 Å². The molecule has 140 valence electrons. The van der Waals surface area contributed by atoms with Crippen LogP contribution in [0, 0.1) is 6.92 Å². The maximum atomic E-state index is 12.5. The van der Waals surface area contributed by atoms with Crippen molar-refractivity contribution < 1.29 is 28.2 Å². The molecule has 0 aliphatic carbocycles. The molecule has 27 heavy (non-hydrogen) atoms. The predicted octanol–water partition coefficient (Wildman–Crippen LogP) is 3.40. The molecule has 0 heterocycles. The summed E-state index contributed by atoms with van der Waals surface area (Å²) < 4.78 is 30.5. The van der Waals surface area contributed by atoms with Crippen molar-refractivity contribution >= 4 is 26.6 Å². The molecule has 3 rings (SSSR count). The number of sulfone groups is 1. The molecule has 3 aromatic carbocycles. The Morgan fingerprint density at radius 2 is 1.70 bits per heavy atom. The van der Waals surface area contributed by atoms with E-state index in [0.717, 1.165) is 22.4 Å². The van der Waals surface area contributed by atoms with E-state index in [-0.39, 0.29) is 34.3 Å². The zero-order chi connectivity index (χ0) is 19.6. The van der Waals surface area contributed by atoms with Crippen molar-refractivity contribution in [2.24, 2.45) is 0 Å². The lowest BCUT2D eigenvalue weighted by molar-refractivity contribution is 0.0693. The summed E-state index contributed by atoms with van der Waals surface area (Å²) in [5.74, 6) is -1.76. The second-order valence-corrected chi connectivity index (χ2v) is 8.27. The molecule has 6 nitrogen and oxygen atoms in total. The van der Waals surface area contributed by atoms with Crippen LogP contribution in [-0.4, -0.2) is 37.0 Å². The largest absolute Gasteiger partial charge is 0.507 e. The van der Waals surface area contributed by atoms with Gasteiger partial charge in [0.15, 0.2) is 9.84 Å². The Hall–Kier alpha value is -3.06. The van der Waals surface area contributed by atoms with Crippen molar-refractivity contribution in [3.05, 3.63) is 65.7 Å². The Balaban J connectivity index is 1.73. The fourth-order valence-corrected chi connectivity index (χ4v) is 3.82. The van der Waals surface area contributed by atoms with Crippen LogP contribution in [0.2, 0.25) is 0 Å². The van der Waals surface area contributed by atoms with E-state index in [4.69, 9.17) is 9.84 Å². The number of aryl methyl sites for hydroxylation is 1. The van der Waals surface area contributed by atoms with Crippen LogP contribution in [-0.2, 0) is 9.84 Å². The minimum absolute atomic E-state index is 0.141. The third-order valence-electron chi connectivity index (χ3n) is 4.15. The molecular formula is C20H18O6S. The van der Waals surface area contributed by atoms with Crippen molar-refractivity contribution in [1.29, 1.82) is 0 Å². The molecule has 0 aliphatic heterocycles. The highest BCUT2D eigenvalue weighted by atomic mass is 32.2. The van der Waals surface area contributed by atoms with Gasteiger partial charge in [0, 0.05) is 0 Å². The molecule has 0 fully saturated rings. The maximum absolute atomic E-state index is 12.5. The van der Waals surface area contributed by atoms with Gasteiger partial charge in [-0.2, -0.15) is 0 Å². The van der Waals surface area contributed by atoms with E-state index in [9.17, 15) is 18.3 Å². The molecule has 0 bridgehead atoms. The van der Waals surface area contributed by atoms with Gasteiger partial charge in [0.25, 0.3) is 0 Å². The van der Waals surface area contributed by atoms with Crippen LogP contribution in [0.5, 0.6) is 11.5 Å². The summed E-state index contributed by atoms with van der Waals surface area (Å²) in [7, 11) is -3.56. The van der Waals surface area contributed by atoms with E-state index in [1.165, 1.54) is 12.1 Å². The fourth-order valence-electron chi connectivity index (χ4n) is 2.70. The summed E-state index contributed by atoms with van der Waals surface area (Å²) in [6, 6.07) is 14.5. The van der Waals surface area contributed by atoms with Crippen molar-refractivity contribution in [3.63, 3.8) is 0 Å². The maximum Gasteiger partial charge on any atom is 0.339 e. The minimum atomic E-state index is -3.56. The number of rotatable bonds is 6. The Labute approximate surface area is 156 Å². The number of fused-ring (bicyclic) bond motifs is 1. The molecule has 0 radical (unpaired) electrons. The van der Waals surface area contributed by atoms with E-state index in [2.05, 4.69) is 0 Å². The smallest absolute Gasteiger partial charge is 0.339 e. The van der Waals surface area contributed by atoms with E-state index in [0.29, 0.717) is 0 Å². The van der Waals surface area contributed by atoms with Crippen molar-refractivity contribution in [2.45, 2.75) is 11.8 Å². The molecule has 7 heteroatoms. The number of benzene rings is 3. The summed E-state index contributed by atoms with van der Waals surface area (Å²) in [6.07, 6.45) is 0. The van der Waals surface area contributed by atoms with Crippen molar-refractivity contribution in [1.82, 2.24) is 0 Å². The molecule has 0 aliphatic rings. The average Bonchev–Trinajstić information content (AvgIpc) is 2.62. The van der Waals surface area contributed by atoms with Gasteiger partial charge in [0.05, 0.1) is 10.6 Å². The van der Waals surface area contributed by atoms with Crippen molar-refractivity contribution in [2.75, 3.05) is 12.4 Å². The normalized spacial score (nSPS) is 11.4. The topological polar surface area (TPSA) is 101 Å². The monoisotopic (exact) mass is 386 g/mol. The first-order valence-electron chi connectivity index (χ1n) is 8.18. The molecule has 3 aromatic rings. The van der Waals surface area contributed by atoms with Gasteiger partial charge in [0.2, 0.25) is 0 Å². The summed E-state index contributed by atoms with van der Waals surface area (Å²) in [6.45, 7) is 1.83. The number of hydrogen-bond acceptors (Lipinski definition) is 5. The number of aromatic carboxylic acids is 1. The summed E-state index contributed by atoms with van der Waals surface area (Å²) in [5.41, 5.74) is 0.793. The Bertz CT molecular complexity index is 1120. The molecule has 2 N–H and O–H groups in total. The highest BCUT2D eigenvalue weighted by Crippen LogP contribution is 2.24. The Morgan fingerprint density at radius 3 is 2.44 bits per heavy atom. The predicted molar refractivity (Wildman–Crippen MR) is 101 cm³/mol. The minimum Gasteiger partial charge on any atom is -0.507 e. The number of carbonyl (C=O) groups is 1. The van der Waals surface area contributed by atoms with Gasteiger partial charge < -0.3 is 14.9 Å². The van der Waals surface area contributed by atoms with Crippen LogP contribution < -0.4 is 4.74 Å². The fraction of sp³-hybridized carbons (Fsp3) is 0.150. The standard InChI is InChI=1S/C20H18O6S/c1-13-2-3-15-11-17(6-4-14(15)10-13)27(24,25)9-8-26-16-5-7-19(21)18(12-16)20(22)23/h2-7,10-12,21H,8-9H2,1H3,(H,22,23). The Morgan fingerprint density at radius 1 is 1.00 bits per heavy atom. The van der Waals surface area contributed by atoms with E-state index in [1.807, 2.05) is 25.1 Å².